The van der Waals surface area contributed by atoms with E-state index in [0.29, 0.717) is 12.2 Å². The molecule has 0 radical (unpaired) electrons. The van der Waals surface area contributed by atoms with Crippen molar-refractivity contribution < 1.29 is 9.90 Å². The monoisotopic (exact) mass is 522 g/mol. The van der Waals surface area contributed by atoms with Crippen molar-refractivity contribution >= 4 is 27.9 Å². The number of para-hydroxylation sites is 1. The Hall–Kier alpha value is -4.23. The van der Waals surface area contributed by atoms with Crippen molar-refractivity contribution in [2.45, 2.75) is 52.0 Å². The van der Waals surface area contributed by atoms with Gasteiger partial charge in [-0.1, -0.05) is 48.5 Å². The van der Waals surface area contributed by atoms with Crippen LogP contribution < -0.4 is 11.3 Å². The molecule has 7 nitrogen and oxygen atoms in total. The average molecular weight is 523 g/mol. The molecule has 0 amide bonds. The fraction of sp³-hybridized carbons (Fsp3) is 0.281. The number of benzene rings is 3. The zero-order valence-corrected chi connectivity index (χ0v) is 22.2. The van der Waals surface area contributed by atoms with Gasteiger partial charge in [0.05, 0.1) is 11.0 Å². The van der Waals surface area contributed by atoms with Crippen molar-refractivity contribution in [2.75, 3.05) is 6.54 Å². The number of carboxylic acid groups (broad SMARTS) is 1. The molecule has 2 aromatic heterocycles. The van der Waals surface area contributed by atoms with Gasteiger partial charge >= 0.3 is 0 Å². The molecule has 0 aliphatic heterocycles. The topological polar surface area (TPSA) is 114 Å². The minimum Gasteiger partial charge on any atom is -0.481 e. The number of aromatic amines is 1. The number of H-pyrrole nitrogens is 1. The highest BCUT2D eigenvalue weighted by molar-refractivity contribution is 5.98. The van der Waals surface area contributed by atoms with Gasteiger partial charge in [-0.2, -0.15) is 0 Å². The molecular weight excluding hydrogens is 488 g/mol. The lowest BCUT2D eigenvalue weighted by Gasteiger charge is -2.13. The van der Waals surface area contributed by atoms with E-state index in [-0.39, 0.29) is 5.56 Å². The molecular formula is C32H34N4O3. The van der Waals surface area contributed by atoms with Gasteiger partial charge in [0.15, 0.2) is 0 Å². The van der Waals surface area contributed by atoms with Crippen LogP contribution in [0, 0.1) is 0 Å². The number of unbranched alkanes of at least 4 members (excludes halogenated alkanes) is 1. The third-order valence-electron chi connectivity index (χ3n) is 7.27. The molecule has 200 valence electrons. The standard InChI is InChI=1S/C30H30N4O.C2H4O2/c31-15-6-7-16-34-26-14-5-4-13-23(26)28(27(34)17-20-9-2-1-3-10-20)29-30(35)33-25-19-22-12-8-11-21(22)18-24(25)32-29;1-2(3)4/h1-5,9-10,13-14,18-19H,6-8,11-12,15-17,31H2,(H,33,35);1H3,(H,3,4). The smallest absolute Gasteiger partial charge is 0.300 e. The fourth-order valence-electron chi connectivity index (χ4n) is 5.59. The summed E-state index contributed by atoms with van der Waals surface area (Å²) >= 11 is 0. The summed E-state index contributed by atoms with van der Waals surface area (Å²) in [6, 6.07) is 23.1. The number of rotatable bonds is 7. The molecule has 0 spiro atoms. The van der Waals surface area contributed by atoms with Crippen LogP contribution in [0.1, 0.15) is 48.6 Å². The van der Waals surface area contributed by atoms with Crippen LogP contribution in [-0.4, -0.2) is 32.2 Å². The van der Waals surface area contributed by atoms with Gasteiger partial charge in [-0.05, 0) is 73.5 Å². The van der Waals surface area contributed by atoms with Crippen molar-refractivity contribution in [3.8, 4) is 11.3 Å². The minimum atomic E-state index is -0.833. The van der Waals surface area contributed by atoms with Crippen molar-refractivity contribution in [2.24, 2.45) is 5.73 Å². The van der Waals surface area contributed by atoms with E-state index < -0.39 is 5.97 Å². The van der Waals surface area contributed by atoms with Crippen molar-refractivity contribution in [3.63, 3.8) is 0 Å². The van der Waals surface area contributed by atoms with Gasteiger partial charge in [0, 0.05) is 42.0 Å². The number of hydrogen-bond acceptors (Lipinski definition) is 4. The van der Waals surface area contributed by atoms with Gasteiger partial charge < -0.3 is 20.4 Å². The maximum atomic E-state index is 13.5. The van der Waals surface area contributed by atoms with Gasteiger partial charge in [-0.25, -0.2) is 4.98 Å². The Labute approximate surface area is 227 Å². The molecule has 4 N–H and O–H groups in total. The molecule has 2 heterocycles. The molecule has 0 bridgehead atoms. The number of aryl methyl sites for hydroxylation is 3. The number of carboxylic acids is 1. The molecule has 0 saturated carbocycles. The minimum absolute atomic E-state index is 0.130. The largest absolute Gasteiger partial charge is 0.481 e. The van der Waals surface area contributed by atoms with Crippen LogP contribution in [0.3, 0.4) is 0 Å². The number of aliphatic carboxylic acids is 1. The predicted octanol–water partition coefficient (Wildman–Crippen LogP) is 5.45. The van der Waals surface area contributed by atoms with Crippen LogP contribution in [0.25, 0.3) is 33.2 Å². The molecule has 1 aliphatic carbocycles. The summed E-state index contributed by atoms with van der Waals surface area (Å²) in [4.78, 5) is 30.7. The second-order valence-corrected chi connectivity index (χ2v) is 10.1. The molecule has 5 aromatic rings. The maximum Gasteiger partial charge on any atom is 0.300 e. The first-order valence-electron chi connectivity index (χ1n) is 13.6. The number of aromatic nitrogens is 3. The van der Waals surface area contributed by atoms with E-state index >= 15 is 0 Å². The second kappa shape index (κ2) is 11.7. The normalized spacial score (nSPS) is 12.4. The van der Waals surface area contributed by atoms with Gasteiger partial charge in [0.2, 0.25) is 0 Å². The molecule has 6 rings (SSSR count). The first-order chi connectivity index (χ1) is 19.0. The lowest BCUT2D eigenvalue weighted by Crippen LogP contribution is -2.14. The lowest BCUT2D eigenvalue weighted by molar-refractivity contribution is -0.134. The molecule has 0 atom stereocenters. The summed E-state index contributed by atoms with van der Waals surface area (Å²) < 4.78 is 2.38. The number of carbonyl (C=O) groups is 1. The summed E-state index contributed by atoms with van der Waals surface area (Å²) in [5, 5.41) is 8.49. The maximum absolute atomic E-state index is 13.5. The first-order valence-corrected chi connectivity index (χ1v) is 13.6. The first kappa shape index (κ1) is 26.4. The number of nitrogens with two attached hydrogens (primary N) is 1. The second-order valence-electron chi connectivity index (χ2n) is 10.1. The highest BCUT2D eigenvalue weighted by Crippen LogP contribution is 2.35. The highest BCUT2D eigenvalue weighted by atomic mass is 16.4. The highest BCUT2D eigenvalue weighted by Gasteiger charge is 2.23. The van der Waals surface area contributed by atoms with Crippen molar-refractivity contribution in [1.82, 2.24) is 14.5 Å². The van der Waals surface area contributed by atoms with E-state index in [4.69, 9.17) is 20.6 Å². The van der Waals surface area contributed by atoms with Crippen LogP contribution >= 0.6 is 0 Å². The van der Waals surface area contributed by atoms with Crippen LogP contribution in [0.2, 0.25) is 0 Å². The summed E-state index contributed by atoms with van der Waals surface area (Å²) in [6.45, 7) is 2.62. The fourth-order valence-corrected chi connectivity index (χ4v) is 5.59. The zero-order chi connectivity index (χ0) is 27.4. The lowest BCUT2D eigenvalue weighted by atomic mass is 10.0. The van der Waals surface area contributed by atoms with Crippen molar-refractivity contribution in [1.29, 1.82) is 0 Å². The Morgan fingerprint density at radius 1 is 1.03 bits per heavy atom. The summed E-state index contributed by atoms with van der Waals surface area (Å²) in [5.74, 6) is -0.833. The van der Waals surface area contributed by atoms with Gasteiger partial charge in [-0.15, -0.1) is 0 Å². The Morgan fingerprint density at radius 2 is 1.72 bits per heavy atom. The third kappa shape index (κ3) is 5.64. The average Bonchev–Trinajstić information content (AvgIpc) is 3.49. The molecule has 7 heteroatoms. The van der Waals surface area contributed by atoms with Gasteiger partial charge in [0.25, 0.3) is 11.5 Å². The van der Waals surface area contributed by atoms with Crippen LogP contribution in [0.4, 0.5) is 0 Å². The predicted molar refractivity (Wildman–Crippen MR) is 156 cm³/mol. The van der Waals surface area contributed by atoms with Gasteiger partial charge in [0.1, 0.15) is 5.69 Å². The Balaban J connectivity index is 0.000000723. The number of fused-ring (bicyclic) bond motifs is 3. The molecule has 3 aromatic carbocycles. The Morgan fingerprint density at radius 3 is 2.46 bits per heavy atom. The van der Waals surface area contributed by atoms with Crippen molar-refractivity contribution in [3.05, 3.63) is 99.5 Å². The van der Waals surface area contributed by atoms with E-state index in [1.54, 1.807) is 0 Å². The summed E-state index contributed by atoms with van der Waals surface area (Å²) in [5.41, 5.74) is 15.0. The molecule has 39 heavy (non-hydrogen) atoms. The van der Waals surface area contributed by atoms with E-state index in [9.17, 15) is 4.79 Å². The van der Waals surface area contributed by atoms with Gasteiger partial charge in [-0.3, -0.25) is 9.59 Å². The van der Waals surface area contributed by atoms with E-state index in [0.717, 1.165) is 78.8 Å². The van der Waals surface area contributed by atoms with E-state index in [1.165, 1.54) is 23.1 Å². The molecule has 0 unspecified atom stereocenters. The summed E-state index contributed by atoms with van der Waals surface area (Å²) in [7, 11) is 0. The number of nitrogens with one attached hydrogen (secondary N) is 1. The SMILES string of the molecule is CC(=O)O.NCCCCn1c(Cc2ccccc2)c(-c2nc3cc4c(cc3[nH]c2=O)CCC4)c2ccccc21. The Kier molecular flexibility index (Phi) is 7.89. The molecule has 0 saturated heterocycles. The van der Waals surface area contributed by atoms with Crippen LogP contribution in [0.5, 0.6) is 0 Å². The van der Waals surface area contributed by atoms with Crippen LogP contribution in [0.15, 0.2) is 71.5 Å². The number of hydrogen-bond donors (Lipinski definition) is 3. The Bertz CT molecular complexity index is 1680. The summed E-state index contributed by atoms with van der Waals surface area (Å²) in [6.07, 6.45) is 6.02. The quantitative estimate of drug-likeness (QED) is 0.246. The molecule has 0 fully saturated rings. The zero-order valence-electron chi connectivity index (χ0n) is 22.2. The molecule has 1 aliphatic rings. The van der Waals surface area contributed by atoms with E-state index in [2.05, 4.69) is 64.1 Å². The van der Waals surface area contributed by atoms with E-state index in [1.807, 2.05) is 12.1 Å². The number of nitrogens with zero attached hydrogens (tertiary/aromatic N) is 2. The third-order valence-corrected chi connectivity index (χ3v) is 7.27. The van der Waals surface area contributed by atoms with Crippen LogP contribution in [-0.2, 0) is 30.6 Å².